The third-order valence-electron chi connectivity index (χ3n) is 5.06. The van der Waals surface area contributed by atoms with Gasteiger partial charge in [0, 0.05) is 18.1 Å². The first kappa shape index (κ1) is 21.2. The lowest BCUT2D eigenvalue weighted by Crippen LogP contribution is -2.50. The maximum absolute atomic E-state index is 12.2. The van der Waals surface area contributed by atoms with Crippen molar-refractivity contribution in [3.05, 3.63) is 0 Å². The van der Waals surface area contributed by atoms with E-state index in [0.29, 0.717) is 37.3 Å². The van der Waals surface area contributed by atoms with Gasteiger partial charge in [-0.05, 0) is 53.4 Å². The van der Waals surface area contributed by atoms with Crippen LogP contribution >= 0.6 is 0 Å². The van der Waals surface area contributed by atoms with Crippen molar-refractivity contribution in [2.24, 2.45) is 0 Å². The van der Waals surface area contributed by atoms with Crippen LogP contribution in [-0.2, 0) is 9.63 Å². The van der Waals surface area contributed by atoms with Crippen LogP contribution in [0.25, 0.3) is 0 Å². The minimum absolute atomic E-state index is 0.185. The predicted molar refractivity (Wildman–Crippen MR) is 94.9 cm³/mol. The first-order chi connectivity index (χ1) is 12.5. The summed E-state index contributed by atoms with van der Waals surface area (Å²) in [6.07, 6.45) is 1.23. The molecule has 3 N–H and O–H groups in total. The molecular formula is C17H30N4O6. The number of hydrogen-bond acceptors (Lipinski definition) is 5. The van der Waals surface area contributed by atoms with Gasteiger partial charge >= 0.3 is 12.1 Å². The largest absolute Gasteiger partial charge is 0.465 e. The Labute approximate surface area is 158 Å². The number of hydroxylamine groups is 3. The molecule has 1 unspecified atom stereocenters. The number of piperidine rings is 1. The summed E-state index contributed by atoms with van der Waals surface area (Å²) in [5.74, 6) is -0.410. The lowest BCUT2D eigenvalue weighted by molar-refractivity contribution is -0.139. The number of nitrogens with zero attached hydrogens (tertiary/aromatic N) is 3. The highest BCUT2D eigenvalue weighted by Gasteiger charge is 2.46. The van der Waals surface area contributed by atoms with Crippen molar-refractivity contribution in [3.63, 3.8) is 0 Å². The van der Waals surface area contributed by atoms with Crippen molar-refractivity contribution < 1.29 is 29.5 Å². The highest BCUT2D eigenvalue weighted by Crippen LogP contribution is 2.28. The number of amides is 4. The van der Waals surface area contributed by atoms with E-state index in [4.69, 9.17) is 4.84 Å². The number of hydrogen-bond donors (Lipinski definition) is 3. The highest BCUT2D eigenvalue weighted by molar-refractivity contribution is 5.87. The van der Waals surface area contributed by atoms with E-state index in [-0.39, 0.29) is 18.7 Å². The molecule has 27 heavy (non-hydrogen) atoms. The third-order valence-corrected chi connectivity index (χ3v) is 5.06. The molecule has 2 heterocycles. The van der Waals surface area contributed by atoms with E-state index in [0.717, 1.165) is 0 Å². The van der Waals surface area contributed by atoms with E-state index in [9.17, 15) is 24.7 Å². The van der Waals surface area contributed by atoms with E-state index in [1.165, 1.54) is 9.80 Å². The SMILES string of the molecule is CC(CCCONC(=O)[C@@H]1CC[C@@H]2CN1C(=O)N2O)N(C(=O)O)C(C)(C)C. The van der Waals surface area contributed by atoms with E-state index >= 15 is 0 Å². The fourth-order valence-corrected chi connectivity index (χ4v) is 3.83. The summed E-state index contributed by atoms with van der Waals surface area (Å²) in [7, 11) is 0. The quantitative estimate of drug-likeness (QED) is 0.347. The van der Waals surface area contributed by atoms with Crippen LogP contribution in [0.3, 0.4) is 0 Å². The van der Waals surface area contributed by atoms with Gasteiger partial charge in [0.25, 0.3) is 5.91 Å². The van der Waals surface area contributed by atoms with Crippen LogP contribution in [0.2, 0.25) is 0 Å². The number of fused-ring (bicyclic) bond motifs is 2. The van der Waals surface area contributed by atoms with E-state index < -0.39 is 29.6 Å². The van der Waals surface area contributed by atoms with Crippen LogP contribution in [0.15, 0.2) is 0 Å². The number of carboxylic acid groups (broad SMARTS) is 1. The molecule has 0 aromatic carbocycles. The standard InChI is InChI=1S/C17H30N4O6/c1-11(20(16(24)25)17(2,3)4)6-5-9-27-18-14(22)13-8-7-12-10-19(13)15(23)21(12)26/h11-13,26H,5-10H2,1-4H3,(H,18,22)(H,24,25)/t11?,12-,13+/m1/s1. The molecule has 2 saturated heterocycles. The molecule has 0 aromatic heterocycles. The maximum atomic E-state index is 12.2. The second-order valence-corrected chi connectivity index (χ2v) is 8.16. The fourth-order valence-electron chi connectivity index (χ4n) is 3.83. The number of nitrogens with one attached hydrogen (secondary N) is 1. The first-order valence-electron chi connectivity index (χ1n) is 9.26. The fraction of sp³-hybridized carbons (Fsp3) is 0.824. The Kier molecular flexibility index (Phi) is 6.53. The van der Waals surface area contributed by atoms with E-state index in [2.05, 4.69) is 5.48 Å². The monoisotopic (exact) mass is 386 g/mol. The van der Waals surface area contributed by atoms with Gasteiger partial charge in [-0.2, -0.15) is 0 Å². The molecule has 0 saturated carbocycles. The van der Waals surface area contributed by atoms with Gasteiger partial charge in [0.15, 0.2) is 0 Å². The number of rotatable bonds is 7. The first-order valence-corrected chi connectivity index (χ1v) is 9.26. The highest BCUT2D eigenvalue weighted by atomic mass is 16.6. The Morgan fingerprint density at radius 3 is 2.63 bits per heavy atom. The second kappa shape index (κ2) is 8.30. The average Bonchev–Trinajstić information content (AvgIpc) is 2.77. The van der Waals surface area contributed by atoms with Gasteiger partial charge in [0.2, 0.25) is 0 Å². The van der Waals surface area contributed by atoms with E-state index in [1.54, 1.807) is 0 Å². The lowest BCUT2D eigenvalue weighted by atomic mass is 10.0. The van der Waals surface area contributed by atoms with Crippen LogP contribution in [0.4, 0.5) is 9.59 Å². The number of carbonyl (C=O) groups excluding carboxylic acids is 2. The Balaban J connectivity index is 1.72. The third kappa shape index (κ3) is 4.81. The summed E-state index contributed by atoms with van der Waals surface area (Å²) in [6, 6.07) is -1.63. The minimum atomic E-state index is -0.965. The van der Waals surface area contributed by atoms with Crippen LogP contribution < -0.4 is 5.48 Å². The molecule has 10 nitrogen and oxygen atoms in total. The smallest absolute Gasteiger partial charge is 0.407 e. The molecule has 0 aliphatic carbocycles. The van der Waals surface area contributed by atoms with Gasteiger partial charge in [0.1, 0.15) is 6.04 Å². The summed E-state index contributed by atoms with van der Waals surface area (Å²) in [5, 5.41) is 19.7. The maximum Gasteiger partial charge on any atom is 0.407 e. The number of urea groups is 1. The van der Waals surface area contributed by atoms with Crippen LogP contribution in [0, 0.1) is 0 Å². The van der Waals surface area contributed by atoms with Crippen molar-refractivity contribution >= 4 is 18.0 Å². The van der Waals surface area contributed by atoms with Crippen molar-refractivity contribution in [2.45, 2.75) is 77.0 Å². The Morgan fingerprint density at radius 2 is 2.04 bits per heavy atom. The molecular weight excluding hydrogens is 356 g/mol. The summed E-state index contributed by atoms with van der Waals surface area (Å²) in [5.41, 5.74) is 1.87. The molecule has 154 valence electrons. The molecule has 0 spiro atoms. The van der Waals surface area contributed by atoms with Crippen molar-refractivity contribution in [1.82, 2.24) is 20.3 Å². The molecule has 0 radical (unpaired) electrons. The van der Waals surface area contributed by atoms with Crippen molar-refractivity contribution in [3.8, 4) is 0 Å². The van der Waals surface area contributed by atoms with E-state index in [1.807, 2.05) is 27.7 Å². The molecule has 3 atom stereocenters. The molecule has 2 fully saturated rings. The van der Waals surface area contributed by atoms with Gasteiger partial charge in [-0.1, -0.05) is 0 Å². The van der Waals surface area contributed by atoms with Gasteiger partial charge in [-0.25, -0.2) is 20.1 Å². The summed E-state index contributed by atoms with van der Waals surface area (Å²) in [4.78, 5) is 43.5. The van der Waals surface area contributed by atoms with Crippen LogP contribution in [-0.4, -0.2) is 80.0 Å². The zero-order valence-electron chi connectivity index (χ0n) is 16.3. The van der Waals surface area contributed by atoms with Gasteiger partial charge in [0.05, 0.1) is 12.6 Å². The average molecular weight is 386 g/mol. The Morgan fingerprint density at radius 1 is 1.37 bits per heavy atom. The zero-order valence-corrected chi connectivity index (χ0v) is 16.3. The molecule has 2 rings (SSSR count). The Hall–Kier alpha value is -2.07. The summed E-state index contributed by atoms with van der Waals surface area (Å²) in [6.45, 7) is 7.95. The Bertz CT molecular complexity index is 578. The zero-order chi connectivity index (χ0) is 20.4. The van der Waals surface area contributed by atoms with Crippen molar-refractivity contribution in [2.75, 3.05) is 13.2 Å². The molecule has 2 aliphatic rings. The van der Waals surface area contributed by atoms with Gasteiger partial charge in [-0.3, -0.25) is 14.8 Å². The van der Waals surface area contributed by atoms with Gasteiger partial charge < -0.3 is 14.9 Å². The van der Waals surface area contributed by atoms with Crippen LogP contribution in [0.1, 0.15) is 53.4 Å². The molecule has 10 heteroatoms. The van der Waals surface area contributed by atoms with Crippen LogP contribution in [0.5, 0.6) is 0 Å². The second-order valence-electron chi connectivity index (χ2n) is 8.16. The normalized spacial score (nSPS) is 23.4. The summed E-state index contributed by atoms with van der Waals surface area (Å²) < 4.78 is 0. The number of carbonyl (C=O) groups is 3. The lowest BCUT2D eigenvalue weighted by Gasteiger charge is -2.38. The molecule has 0 aromatic rings. The molecule has 2 aliphatic heterocycles. The topological polar surface area (TPSA) is 123 Å². The summed E-state index contributed by atoms with van der Waals surface area (Å²) >= 11 is 0. The molecule has 2 bridgehead atoms. The predicted octanol–water partition coefficient (Wildman–Crippen LogP) is 1.64. The van der Waals surface area contributed by atoms with Gasteiger partial charge in [-0.15, -0.1) is 0 Å². The van der Waals surface area contributed by atoms with Crippen molar-refractivity contribution in [1.29, 1.82) is 0 Å². The molecule has 4 amide bonds. The minimum Gasteiger partial charge on any atom is -0.465 e.